The van der Waals surface area contributed by atoms with E-state index in [-0.39, 0.29) is 5.78 Å². The summed E-state index contributed by atoms with van der Waals surface area (Å²) in [5.74, 6) is 0.216. The second-order valence-electron chi connectivity index (χ2n) is 5.21. The van der Waals surface area contributed by atoms with Crippen LogP contribution in [0.25, 0.3) is 11.1 Å². The molecule has 0 atom stereocenters. The number of rotatable bonds is 5. The average molecular weight is 333 g/mol. The summed E-state index contributed by atoms with van der Waals surface area (Å²) < 4.78 is 1.07. The zero-order valence-corrected chi connectivity index (χ0v) is 13.4. The van der Waals surface area contributed by atoms with Crippen LogP contribution in [0.1, 0.15) is 16.8 Å². The molecular formula is C17H19BrNO+. The zero-order valence-electron chi connectivity index (χ0n) is 11.8. The first kappa shape index (κ1) is 14.9. The standard InChI is InChI=1S/C17H18BrNO/c1-19(2)12-11-17(20)15-5-3-13(4-6-15)14-7-9-16(18)10-8-14/h3-10H,11-12H2,1-2H3/p+1. The van der Waals surface area contributed by atoms with Gasteiger partial charge in [0.15, 0.2) is 5.78 Å². The van der Waals surface area contributed by atoms with Crippen molar-refractivity contribution in [3.63, 3.8) is 0 Å². The van der Waals surface area contributed by atoms with Crippen molar-refractivity contribution in [1.82, 2.24) is 0 Å². The van der Waals surface area contributed by atoms with Gasteiger partial charge in [0.2, 0.25) is 0 Å². The number of carbonyl (C=O) groups is 1. The molecule has 0 spiro atoms. The topological polar surface area (TPSA) is 21.5 Å². The van der Waals surface area contributed by atoms with E-state index in [0.29, 0.717) is 6.42 Å². The molecule has 2 aromatic rings. The fourth-order valence-electron chi connectivity index (χ4n) is 2.00. The molecular weight excluding hydrogens is 314 g/mol. The Balaban J connectivity index is 2.10. The first-order valence-electron chi connectivity index (χ1n) is 6.74. The summed E-state index contributed by atoms with van der Waals surface area (Å²) in [6.07, 6.45) is 0.597. The third-order valence-corrected chi connectivity index (χ3v) is 3.77. The molecule has 0 aliphatic rings. The number of benzene rings is 2. The highest BCUT2D eigenvalue weighted by Crippen LogP contribution is 2.22. The average Bonchev–Trinajstić information content (AvgIpc) is 2.46. The van der Waals surface area contributed by atoms with Gasteiger partial charge in [-0.2, -0.15) is 0 Å². The molecule has 1 N–H and O–H groups in total. The van der Waals surface area contributed by atoms with Crippen LogP contribution >= 0.6 is 15.9 Å². The normalized spacial score (nSPS) is 10.8. The van der Waals surface area contributed by atoms with Gasteiger partial charge >= 0.3 is 0 Å². The summed E-state index contributed by atoms with van der Waals surface area (Å²) in [6, 6.07) is 16.0. The molecule has 0 saturated carbocycles. The molecule has 3 heteroatoms. The van der Waals surface area contributed by atoms with Gasteiger partial charge < -0.3 is 4.90 Å². The molecule has 0 aromatic heterocycles. The molecule has 0 aliphatic carbocycles. The van der Waals surface area contributed by atoms with Gasteiger partial charge in [-0.15, -0.1) is 0 Å². The van der Waals surface area contributed by atoms with Crippen LogP contribution in [0.15, 0.2) is 53.0 Å². The third-order valence-electron chi connectivity index (χ3n) is 3.24. The molecule has 0 bridgehead atoms. The molecule has 0 saturated heterocycles. The molecule has 0 fully saturated rings. The van der Waals surface area contributed by atoms with E-state index in [4.69, 9.17) is 0 Å². The van der Waals surface area contributed by atoms with Crippen molar-refractivity contribution >= 4 is 21.7 Å². The lowest BCUT2D eigenvalue weighted by molar-refractivity contribution is -0.857. The highest BCUT2D eigenvalue weighted by atomic mass is 79.9. The lowest BCUT2D eigenvalue weighted by Gasteiger charge is -2.07. The summed E-state index contributed by atoms with van der Waals surface area (Å²) >= 11 is 3.43. The molecule has 0 unspecified atom stereocenters. The first-order valence-corrected chi connectivity index (χ1v) is 7.54. The van der Waals surface area contributed by atoms with Crippen LogP contribution in [0.3, 0.4) is 0 Å². The summed E-state index contributed by atoms with van der Waals surface area (Å²) in [7, 11) is 4.12. The van der Waals surface area contributed by atoms with Crippen LogP contribution in [0.2, 0.25) is 0 Å². The predicted molar refractivity (Wildman–Crippen MR) is 86.2 cm³/mol. The Labute approximate surface area is 128 Å². The van der Waals surface area contributed by atoms with Crippen LogP contribution in [-0.4, -0.2) is 26.4 Å². The van der Waals surface area contributed by atoms with Gasteiger partial charge in [-0.25, -0.2) is 0 Å². The zero-order chi connectivity index (χ0) is 14.5. The Kier molecular flexibility index (Phi) is 5.10. The maximum Gasteiger partial charge on any atom is 0.168 e. The summed E-state index contributed by atoms with van der Waals surface area (Å²) in [5.41, 5.74) is 3.09. The smallest absolute Gasteiger partial charge is 0.168 e. The molecule has 2 nitrogen and oxygen atoms in total. The van der Waals surface area contributed by atoms with E-state index in [0.717, 1.165) is 27.7 Å². The molecule has 0 radical (unpaired) electrons. The van der Waals surface area contributed by atoms with Crippen molar-refractivity contribution in [3.05, 3.63) is 58.6 Å². The van der Waals surface area contributed by atoms with Crippen molar-refractivity contribution in [2.24, 2.45) is 0 Å². The van der Waals surface area contributed by atoms with Crippen molar-refractivity contribution in [2.75, 3.05) is 20.6 Å². The SMILES string of the molecule is C[NH+](C)CCC(=O)c1ccc(-c2ccc(Br)cc2)cc1. The Morgan fingerprint density at radius 1 is 0.950 bits per heavy atom. The Morgan fingerprint density at radius 3 is 1.95 bits per heavy atom. The van der Waals surface area contributed by atoms with Crippen molar-refractivity contribution in [1.29, 1.82) is 0 Å². The van der Waals surface area contributed by atoms with Crippen LogP contribution in [0.4, 0.5) is 0 Å². The first-order chi connectivity index (χ1) is 9.56. The van der Waals surface area contributed by atoms with E-state index in [1.165, 1.54) is 4.90 Å². The maximum atomic E-state index is 12.0. The minimum absolute atomic E-state index is 0.216. The highest BCUT2D eigenvalue weighted by Gasteiger charge is 2.08. The lowest BCUT2D eigenvalue weighted by Crippen LogP contribution is -3.05. The monoisotopic (exact) mass is 332 g/mol. The largest absolute Gasteiger partial charge is 0.339 e. The van der Waals surface area contributed by atoms with E-state index in [1.54, 1.807) is 0 Å². The molecule has 0 heterocycles. The van der Waals surface area contributed by atoms with E-state index in [9.17, 15) is 4.79 Å². The number of hydrogen-bond donors (Lipinski definition) is 1. The number of quaternary nitrogens is 1. The number of ketones is 1. The minimum atomic E-state index is 0.216. The van der Waals surface area contributed by atoms with E-state index >= 15 is 0 Å². The Hall–Kier alpha value is -1.45. The van der Waals surface area contributed by atoms with Crippen LogP contribution in [0, 0.1) is 0 Å². The van der Waals surface area contributed by atoms with Crippen LogP contribution < -0.4 is 4.90 Å². The molecule has 104 valence electrons. The fourth-order valence-corrected chi connectivity index (χ4v) is 2.26. The van der Waals surface area contributed by atoms with Gasteiger partial charge in [0.25, 0.3) is 0 Å². The van der Waals surface area contributed by atoms with Crippen molar-refractivity contribution < 1.29 is 9.69 Å². The van der Waals surface area contributed by atoms with Gasteiger partial charge in [0.05, 0.1) is 27.1 Å². The summed E-state index contributed by atoms with van der Waals surface area (Å²) in [5, 5.41) is 0. The quantitative estimate of drug-likeness (QED) is 0.835. The molecule has 20 heavy (non-hydrogen) atoms. The number of hydrogen-bond acceptors (Lipinski definition) is 1. The second kappa shape index (κ2) is 6.82. The second-order valence-corrected chi connectivity index (χ2v) is 6.13. The van der Waals surface area contributed by atoms with E-state index in [2.05, 4.69) is 42.2 Å². The highest BCUT2D eigenvalue weighted by molar-refractivity contribution is 9.10. The predicted octanol–water partition coefficient (Wildman–Crippen LogP) is 2.83. The van der Waals surface area contributed by atoms with Gasteiger partial charge in [0.1, 0.15) is 0 Å². The van der Waals surface area contributed by atoms with Crippen molar-refractivity contribution in [3.8, 4) is 11.1 Å². The molecule has 2 aromatic carbocycles. The lowest BCUT2D eigenvalue weighted by atomic mass is 10.0. The van der Waals surface area contributed by atoms with Gasteiger partial charge in [-0.05, 0) is 23.3 Å². The van der Waals surface area contributed by atoms with E-state index in [1.807, 2.05) is 36.4 Å². The van der Waals surface area contributed by atoms with Gasteiger partial charge in [-0.1, -0.05) is 52.3 Å². The number of nitrogens with one attached hydrogen (secondary N) is 1. The fraction of sp³-hybridized carbons (Fsp3) is 0.235. The number of carbonyl (C=O) groups excluding carboxylic acids is 1. The minimum Gasteiger partial charge on any atom is -0.339 e. The Bertz CT molecular complexity index is 573. The number of halogens is 1. The molecule has 2 rings (SSSR count). The molecule has 0 aliphatic heterocycles. The maximum absolute atomic E-state index is 12.0. The summed E-state index contributed by atoms with van der Waals surface area (Å²) in [4.78, 5) is 13.3. The number of Topliss-reactive ketones (excluding diaryl/α,β-unsaturated/α-hetero) is 1. The molecule has 0 amide bonds. The van der Waals surface area contributed by atoms with E-state index < -0.39 is 0 Å². The van der Waals surface area contributed by atoms with Crippen LogP contribution in [-0.2, 0) is 0 Å². The summed E-state index contributed by atoms with van der Waals surface area (Å²) in [6.45, 7) is 0.868. The van der Waals surface area contributed by atoms with Crippen molar-refractivity contribution in [2.45, 2.75) is 6.42 Å². The van der Waals surface area contributed by atoms with Crippen LogP contribution in [0.5, 0.6) is 0 Å². The van der Waals surface area contributed by atoms with Gasteiger partial charge in [-0.3, -0.25) is 4.79 Å². The van der Waals surface area contributed by atoms with Gasteiger partial charge in [0, 0.05) is 10.0 Å². The third kappa shape index (κ3) is 4.02. The Morgan fingerprint density at radius 2 is 1.45 bits per heavy atom.